The third-order valence-corrected chi connectivity index (χ3v) is 3.59. The SMILES string of the molecule is OC(c1ccc(Cl)nc1)c1sccc1Cl. The van der Waals surface area contributed by atoms with Gasteiger partial charge in [-0.3, -0.25) is 0 Å². The van der Waals surface area contributed by atoms with E-state index in [2.05, 4.69) is 4.98 Å². The Morgan fingerprint density at radius 1 is 1.27 bits per heavy atom. The van der Waals surface area contributed by atoms with E-state index in [1.54, 1.807) is 24.4 Å². The second-order valence-corrected chi connectivity index (χ2v) is 4.69. The number of aliphatic hydroxyl groups excluding tert-OH is 1. The molecular weight excluding hydrogens is 253 g/mol. The number of hydrogen-bond acceptors (Lipinski definition) is 3. The summed E-state index contributed by atoms with van der Waals surface area (Å²) in [5.41, 5.74) is 0.684. The number of aliphatic hydroxyl groups is 1. The van der Waals surface area contributed by atoms with Crippen molar-refractivity contribution in [2.24, 2.45) is 0 Å². The van der Waals surface area contributed by atoms with Crippen LogP contribution in [0.25, 0.3) is 0 Å². The first kappa shape index (κ1) is 10.9. The standard InChI is InChI=1S/C10H7Cl2NOS/c11-7-3-4-15-10(7)9(14)6-1-2-8(12)13-5-6/h1-5,9,14H. The van der Waals surface area contributed by atoms with Crippen LogP contribution in [0.2, 0.25) is 10.2 Å². The van der Waals surface area contributed by atoms with E-state index in [1.165, 1.54) is 11.3 Å². The maximum Gasteiger partial charge on any atom is 0.129 e. The summed E-state index contributed by atoms with van der Waals surface area (Å²) in [6.45, 7) is 0. The lowest BCUT2D eigenvalue weighted by Crippen LogP contribution is -1.98. The lowest BCUT2D eigenvalue weighted by Gasteiger charge is -2.08. The molecule has 0 aliphatic heterocycles. The van der Waals surface area contributed by atoms with Gasteiger partial charge in [-0.2, -0.15) is 0 Å². The zero-order valence-electron chi connectivity index (χ0n) is 7.52. The zero-order chi connectivity index (χ0) is 10.8. The van der Waals surface area contributed by atoms with Crippen molar-refractivity contribution in [3.63, 3.8) is 0 Å². The monoisotopic (exact) mass is 259 g/mol. The first-order valence-corrected chi connectivity index (χ1v) is 5.84. The van der Waals surface area contributed by atoms with Crippen molar-refractivity contribution in [1.82, 2.24) is 4.98 Å². The molecular formula is C10H7Cl2NOS. The van der Waals surface area contributed by atoms with Crippen LogP contribution in [0.4, 0.5) is 0 Å². The maximum absolute atomic E-state index is 10.00. The van der Waals surface area contributed by atoms with Gasteiger partial charge in [0.15, 0.2) is 0 Å². The molecule has 0 spiro atoms. The molecule has 0 bridgehead atoms. The Morgan fingerprint density at radius 3 is 2.60 bits per heavy atom. The first-order valence-electron chi connectivity index (χ1n) is 4.21. The van der Waals surface area contributed by atoms with Gasteiger partial charge in [0.05, 0.1) is 9.90 Å². The molecule has 0 aromatic carbocycles. The van der Waals surface area contributed by atoms with Crippen LogP contribution in [-0.4, -0.2) is 10.1 Å². The van der Waals surface area contributed by atoms with Crippen molar-refractivity contribution in [3.05, 3.63) is 50.4 Å². The smallest absolute Gasteiger partial charge is 0.129 e. The fraction of sp³-hybridized carbons (Fsp3) is 0.100. The number of halogens is 2. The molecule has 2 aromatic heterocycles. The van der Waals surface area contributed by atoms with E-state index < -0.39 is 6.10 Å². The van der Waals surface area contributed by atoms with Crippen molar-refractivity contribution in [1.29, 1.82) is 0 Å². The highest BCUT2D eigenvalue weighted by atomic mass is 35.5. The van der Waals surface area contributed by atoms with E-state index in [-0.39, 0.29) is 0 Å². The molecule has 2 heterocycles. The molecule has 15 heavy (non-hydrogen) atoms. The average molecular weight is 260 g/mol. The molecule has 0 amide bonds. The summed E-state index contributed by atoms with van der Waals surface area (Å²) in [7, 11) is 0. The number of nitrogens with zero attached hydrogens (tertiary/aromatic N) is 1. The predicted octanol–water partition coefficient (Wildman–Crippen LogP) is 3.53. The minimum atomic E-state index is -0.734. The predicted molar refractivity (Wildman–Crippen MR) is 62.6 cm³/mol. The maximum atomic E-state index is 10.00. The van der Waals surface area contributed by atoms with Gasteiger partial charge in [0.2, 0.25) is 0 Å². The molecule has 0 aliphatic rings. The van der Waals surface area contributed by atoms with Crippen molar-refractivity contribution < 1.29 is 5.11 Å². The van der Waals surface area contributed by atoms with Crippen LogP contribution in [0.5, 0.6) is 0 Å². The minimum Gasteiger partial charge on any atom is -0.383 e. The van der Waals surface area contributed by atoms with Crippen LogP contribution in [0.3, 0.4) is 0 Å². The van der Waals surface area contributed by atoms with Crippen molar-refractivity contribution >= 4 is 34.5 Å². The topological polar surface area (TPSA) is 33.1 Å². The first-order chi connectivity index (χ1) is 7.18. The van der Waals surface area contributed by atoms with Gasteiger partial charge in [0.1, 0.15) is 11.3 Å². The van der Waals surface area contributed by atoms with Gasteiger partial charge in [-0.15, -0.1) is 11.3 Å². The molecule has 2 nitrogen and oxygen atoms in total. The second-order valence-electron chi connectivity index (χ2n) is 2.95. The van der Waals surface area contributed by atoms with Crippen LogP contribution >= 0.6 is 34.5 Å². The molecule has 0 saturated carbocycles. The summed E-state index contributed by atoms with van der Waals surface area (Å²) in [4.78, 5) is 4.63. The Labute approximate surface area is 101 Å². The van der Waals surface area contributed by atoms with Crippen molar-refractivity contribution in [2.45, 2.75) is 6.10 Å². The largest absolute Gasteiger partial charge is 0.383 e. The number of thiophene rings is 1. The molecule has 0 radical (unpaired) electrons. The number of hydrogen-bond donors (Lipinski definition) is 1. The molecule has 2 rings (SSSR count). The van der Waals surface area contributed by atoms with Gasteiger partial charge >= 0.3 is 0 Å². The Bertz CT molecular complexity index is 455. The number of rotatable bonds is 2. The van der Waals surface area contributed by atoms with E-state index >= 15 is 0 Å². The molecule has 1 unspecified atom stereocenters. The van der Waals surface area contributed by atoms with Crippen molar-refractivity contribution in [2.75, 3.05) is 0 Å². The van der Waals surface area contributed by atoms with Crippen LogP contribution in [0, 0.1) is 0 Å². The molecule has 78 valence electrons. The van der Waals surface area contributed by atoms with Gasteiger partial charge < -0.3 is 5.11 Å². The minimum absolute atomic E-state index is 0.406. The number of aromatic nitrogens is 1. The van der Waals surface area contributed by atoms with Gasteiger partial charge in [0.25, 0.3) is 0 Å². The molecule has 1 N–H and O–H groups in total. The molecule has 0 saturated heterocycles. The van der Waals surface area contributed by atoms with Crippen LogP contribution in [0.1, 0.15) is 16.5 Å². The third-order valence-electron chi connectivity index (χ3n) is 1.96. The highest BCUT2D eigenvalue weighted by molar-refractivity contribution is 7.10. The van der Waals surface area contributed by atoms with Crippen LogP contribution in [0.15, 0.2) is 29.8 Å². The average Bonchev–Trinajstić information content (AvgIpc) is 2.65. The number of pyridine rings is 1. The van der Waals surface area contributed by atoms with E-state index in [0.29, 0.717) is 15.7 Å². The highest BCUT2D eigenvalue weighted by Gasteiger charge is 2.15. The fourth-order valence-electron chi connectivity index (χ4n) is 1.20. The Kier molecular flexibility index (Phi) is 3.26. The highest BCUT2D eigenvalue weighted by Crippen LogP contribution is 2.32. The van der Waals surface area contributed by atoms with Crippen LogP contribution < -0.4 is 0 Å². The Hall–Kier alpha value is -0.610. The summed E-state index contributed by atoms with van der Waals surface area (Å²) < 4.78 is 0. The van der Waals surface area contributed by atoms with E-state index in [9.17, 15) is 5.11 Å². The molecule has 1 atom stereocenters. The Morgan fingerprint density at radius 2 is 2.07 bits per heavy atom. The zero-order valence-corrected chi connectivity index (χ0v) is 9.85. The lowest BCUT2D eigenvalue weighted by molar-refractivity contribution is 0.224. The van der Waals surface area contributed by atoms with Gasteiger partial charge in [-0.1, -0.05) is 29.3 Å². The summed E-state index contributed by atoms with van der Waals surface area (Å²) in [6, 6.07) is 5.13. The lowest BCUT2D eigenvalue weighted by atomic mass is 10.1. The van der Waals surface area contributed by atoms with Gasteiger partial charge in [0, 0.05) is 11.8 Å². The van der Waals surface area contributed by atoms with Gasteiger partial charge in [-0.25, -0.2) is 4.98 Å². The summed E-state index contributed by atoms with van der Waals surface area (Å²) in [6.07, 6.45) is 0.811. The fourth-order valence-corrected chi connectivity index (χ4v) is 2.48. The van der Waals surface area contributed by atoms with E-state index in [4.69, 9.17) is 23.2 Å². The molecule has 2 aromatic rings. The molecule has 0 aliphatic carbocycles. The Balaban J connectivity index is 2.32. The van der Waals surface area contributed by atoms with E-state index in [0.717, 1.165) is 4.88 Å². The molecule has 5 heteroatoms. The van der Waals surface area contributed by atoms with E-state index in [1.807, 2.05) is 5.38 Å². The second kappa shape index (κ2) is 4.49. The summed E-state index contributed by atoms with van der Waals surface area (Å²) >= 11 is 13.0. The third kappa shape index (κ3) is 2.32. The quantitative estimate of drug-likeness (QED) is 0.838. The summed E-state index contributed by atoms with van der Waals surface area (Å²) in [5, 5.41) is 12.8. The summed E-state index contributed by atoms with van der Waals surface area (Å²) in [5.74, 6) is 0. The van der Waals surface area contributed by atoms with Gasteiger partial charge in [-0.05, 0) is 17.5 Å². The normalized spacial score (nSPS) is 12.7. The molecule has 0 fully saturated rings. The van der Waals surface area contributed by atoms with Crippen molar-refractivity contribution in [3.8, 4) is 0 Å². The van der Waals surface area contributed by atoms with Crippen LogP contribution in [-0.2, 0) is 0 Å².